The molecule has 0 bridgehead atoms. The lowest BCUT2D eigenvalue weighted by Crippen LogP contribution is -2.35. The van der Waals surface area contributed by atoms with Gasteiger partial charge in [-0.3, -0.25) is 0 Å². The van der Waals surface area contributed by atoms with Crippen molar-refractivity contribution in [3.63, 3.8) is 0 Å². The van der Waals surface area contributed by atoms with Gasteiger partial charge in [0.1, 0.15) is 11.2 Å². The lowest BCUT2D eigenvalue weighted by molar-refractivity contribution is 0.669. The van der Waals surface area contributed by atoms with Crippen molar-refractivity contribution >= 4 is 86.7 Å². The molecule has 1 unspecified atom stereocenters. The molecule has 2 aliphatic rings. The van der Waals surface area contributed by atoms with E-state index in [0.717, 1.165) is 61.1 Å². The van der Waals surface area contributed by atoms with Gasteiger partial charge in [0.15, 0.2) is 0 Å². The number of thiophene rings is 1. The highest BCUT2D eigenvalue weighted by molar-refractivity contribution is 7.26. The average molecular weight is 570 g/mol. The van der Waals surface area contributed by atoms with E-state index in [1.165, 1.54) is 30.9 Å². The van der Waals surface area contributed by atoms with Crippen molar-refractivity contribution < 1.29 is 4.42 Å². The third kappa shape index (κ3) is 3.17. The number of hydrogen-bond acceptors (Lipinski definition) is 4. The van der Waals surface area contributed by atoms with Gasteiger partial charge in [-0.15, -0.1) is 11.3 Å². The number of para-hydroxylation sites is 1. The van der Waals surface area contributed by atoms with Gasteiger partial charge in [-0.25, -0.2) is 4.68 Å². The van der Waals surface area contributed by atoms with Crippen LogP contribution in [0, 0.1) is 0 Å². The Balaban J connectivity index is 1.30. The Labute approximate surface area is 250 Å². The number of fused-ring (bicyclic) bond motifs is 11. The zero-order valence-corrected chi connectivity index (χ0v) is 23.8. The highest BCUT2D eigenvalue weighted by atomic mass is 32.1. The molecule has 0 saturated carbocycles. The summed E-state index contributed by atoms with van der Waals surface area (Å²) in [5.41, 5.74) is 9.25. The number of nitrogens with zero attached hydrogens (tertiary/aromatic N) is 2. The van der Waals surface area contributed by atoms with Crippen molar-refractivity contribution in [3.05, 3.63) is 127 Å². The van der Waals surface area contributed by atoms with E-state index in [4.69, 9.17) is 9.52 Å². The molecule has 202 valence electrons. The smallest absolute Gasteiger partial charge is 0.136 e. The lowest BCUT2D eigenvalue weighted by Gasteiger charge is -2.24. The topological polar surface area (TPSA) is 42.5 Å². The van der Waals surface area contributed by atoms with E-state index in [0.29, 0.717) is 0 Å². The van der Waals surface area contributed by atoms with Gasteiger partial charge < -0.3 is 9.73 Å². The summed E-state index contributed by atoms with van der Waals surface area (Å²) in [4.78, 5) is 0. The monoisotopic (exact) mass is 569 g/mol. The molecule has 1 aliphatic carbocycles. The van der Waals surface area contributed by atoms with Crippen LogP contribution in [0.15, 0.2) is 131 Å². The lowest BCUT2D eigenvalue weighted by atomic mass is 9.98. The summed E-state index contributed by atoms with van der Waals surface area (Å²) in [7, 11) is 0. The van der Waals surface area contributed by atoms with Crippen molar-refractivity contribution in [2.24, 2.45) is 5.10 Å². The van der Waals surface area contributed by atoms with Gasteiger partial charge >= 0.3 is 0 Å². The molecule has 43 heavy (non-hydrogen) atoms. The SMILES string of the molecule is C=C1NC2C=CC=C/C2=N/n2c3ccc(-c4ccc5c(c4)oc4ccccc45)cc3c3cc4c(sc5ccccc54)c1c32. The summed E-state index contributed by atoms with van der Waals surface area (Å²) in [6.45, 7) is 4.59. The fourth-order valence-electron chi connectivity index (χ4n) is 6.92. The fourth-order valence-corrected chi connectivity index (χ4v) is 8.18. The van der Waals surface area contributed by atoms with Crippen molar-refractivity contribution in [1.82, 2.24) is 9.99 Å². The second kappa shape index (κ2) is 8.34. The van der Waals surface area contributed by atoms with Gasteiger partial charge in [0.05, 0.1) is 22.8 Å². The Morgan fingerprint density at radius 3 is 2.51 bits per heavy atom. The highest BCUT2D eigenvalue weighted by Gasteiger charge is 2.26. The Bertz CT molecular complexity index is 2620. The molecule has 5 aromatic carbocycles. The predicted octanol–water partition coefficient (Wildman–Crippen LogP) is 10.0. The number of allylic oxidation sites excluding steroid dienone is 2. The molecule has 1 N–H and O–H groups in total. The van der Waals surface area contributed by atoms with Crippen LogP contribution in [-0.2, 0) is 0 Å². The van der Waals surface area contributed by atoms with Crippen LogP contribution in [0.3, 0.4) is 0 Å². The van der Waals surface area contributed by atoms with Crippen LogP contribution in [0.4, 0.5) is 0 Å². The average Bonchev–Trinajstić information content (AvgIpc) is 3.69. The largest absolute Gasteiger partial charge is 0.456 e. The van der Waals surface area contributed by atoms with Crippen molar-refractivity contribution in [2.45, 2.75) is 6.04 Å². The van der Waals surface area contributed by atoms with E-state index in [2.05, 4.69) is 114 Å². The van der Waals surface area contributed by atoms with E-state index in [9.17, 15) is 0 Å². The third-order valence-corrected chi connectivity index (χ3v) is 10.1. The van der Waals surface area contributed by atoms with Crippen LogP contribution >= 0.6 is 11.3 Å². The molecular weight excluding hydrogens is 547 g/mol. The normalized spacial score (nSPS) is 17.5. The van der Waals surface area contributed by atoms with Gasteiger partial charge in [0.2, 0.25) is 0 Å². The zero-order chi connectivity index (χ0) is 28.2. The van der Waals surface area contributed by atoms with E-state index in [1.807, 2.05) is 29.5 Å². The Morgan fingerprint density at radius 2 is 1.56 bits per heavy atom. The Kier molecular flexibility index (Phi) is 4.50. The second-order valence-corrected chi connectivity index (χ2v) is 12.4. The summed E-state index contributed by atoms with van der Waals surface area (Å²) in [5.74, 6) is 0. The second-order valence-electron chi connectivity index (χ2n) is 11.3. The molecule has 0 fully saturated rings. The number of furan rings is 1. The third-order valence-electron chi connectivity index (χ3n) is 8.93. The van der Waals surface area contributed by atoms with Gasteiger partial charge in [0.25, 0.3) is 0 Å². The first-order valence-corrected chi connectivity index (χ1v) is 15.3. The summed E-state index contributed by atoms with van der Waals surface area (Å²) < 4.78 is 10.9. The molecule has 4 nitrogen and oxygen atoms in total. The van der Waals surface area contributed by atoms with Crippen LogP contribution < -0.4 is 5.32 Å². The van der Waals surface area contributed by atoms with Crippen molar-refractivity contribution in [2.75, 3.05) is 0 Å². The number of nitrogens with one attached hydrogen (secondary N) is 1. The summed E-state index contributed by atoms with van der Waals surface area (Å²) in [6.07, 6.45) is 8.35. The summed E-state index contributed by atoms with van der Waals surface area (Å²) in [5, 5.41) is 16.1. The van der Waals surface area contributed by atoms with Crippen LogP contribution in [0.1, 0.15) is 5.56 Å². The maximum absolute atomic E-state index is 6.24. The van der Waals surface area contributed by atoms with Gasteiger partial charge in [-0.05, 0) is 59.7 Å². The maximum Gasteiger partial charge on any atom is 0.136 e. The first kappa shape index (κ1) is 23.2. The van der Waals surface area contributed by atoms with Gasteiger partial charge in [-0.1, -0.05) is 73.3 Å². The molecule has 0 saturated heterocycles. The molecule has 1 aliphatic heterocycles. The van der Waals surface area contributed by atoms with E-state index in [1.54, 1.807) is 0 Å². The number of rotatable bonds is 1. The van der Waals surface area contributed by atoms with E-state index >= 15 is 0 Å². The minimum atomic E-state index is -0.0439. The van der Waals surface area contributed by atoms with Crippen LogP contribution in [0.2, 0.25) is 0 Å². The molecule has 0 radical (unpaired) electrons. The molecule has 0 spiro atoms. The predicted molar refractivity (Wildman–Crippen MR) is 182 cm³/mol. The highest BCUT2D eigenvalue weighted by Crippen LogP contribution is 2.45. The molecule has 5 heteroatoms. The quantitative estimate of drug-likeness (QED) is 0.214. The Hall–Kier alpha value is -5.39. The van der Waals surface area contributed by atoms with E-state index in [-0.39, 0.29) is 6.04 Å². The van der Waals surface area contributed by atoms with Crippen molar-refractivity contribution in [1.29, 1.82) is 0 Å². The molecular formula is C38H23N3OS. The summed E-state index contributed by atoms with van der Waals surface area (Å²) in [6, 6.07) is 32.5. The summed E-state index contributed by atoms with van der Waals surface area (Å²) >= 11 is 1.83. The van der Waals surface area contributed by atoms with Crippen LogP contribution in [-0.4, -0.2) is 16.4 Å². The number of hydrogen-bond donors (Lipinski definition) is 1. The van der Waals surface area contributed by atoms with Crippen LogP contribution in [0.5, 0.6) is 0 Å². The fraction of sp³-hybridized carbons (Fsp3) is 0.0263. The molecule has 8 aromatic rings. The number of benzene rings is 5. The van der Waals surface area contributed by atoms with Gasteiger partial charge in [-0.2, -0.15) is 5.10 Å². The molecule has 0 amide bonds. The van der Waals surface area contributed by atoms with Gasteiger partial charge in [0, 0.05) is 53.0 Å². The minimum Gasteiger partial charge on any atom is -0.456 e. The molecule has 3 aromatic heterocycles. The standard InChI is InChI=1S/C38H23N3OS/c1-21-36-37-28(20-29-26-9-3-7-13-35(26)43-38(29)36)27-18-22(15-17-32(27)41(37)40-31-11-5-4-10-30(31)39-21)23-14-16-25-24-8-2-6-12-33(24)42-34(25)19-23/h2-20,30,39H,1H2/b40-31-. The zero-order valence-electron chi connectivity index (χ0n) is 23.0. The minimum absolute atomic E-state index is 0.0439. The molecule has 10 rings (SSSR count). The molecule has 4 heterocycles. The Morgan fingerprint density at radius 1 is 0.744 bits per heavy atom. The number of aromatic nitrogens is 1. The first-order valence-electron chi connectivity index (χ1n) is 14.4. The first-order chi connectivity index (χ1) is 21.2. The molecule has 1 atom stereocenters. The van der Waals surface area contributed by atoms with Crippen LogP contribution in [0.25, 0.3) is 80.7 Å². The maximum atomic E-state index is 6.24. The van der Waals surface area contributed by atoms with Crippen molar-refractivity contribution in [3.8, 4) is 11.1 Å². The van der Waals surface area contributed by atoms with E-state index < -0.39 is 0 Å².